The molecular formula is C9H19NO. The zero-order valence-electron chi connectivity index (χ0n) is 8.00. The van der Waals surface area contributed by atoms with Crippen molar-refractivity contribution in [2.45, 2.75) is 32.4 Å². The molecule has 1 heterocycles. The van der Waals surface area contributed by atoms with Crippen molar-refractivity contribution in [3.05, 3.63) is 0 Å². The molecule has 66 valence electrons. The molecule has 0 unspecified atom stereocenters. The minimum absolute atomic E-state index is 0.634. The van der Waals surface area contributed by atoms with E-state index in [1.165, 1.54) is 6.42 Å². The Balaban J connectivity index is 2.49. The van der Waals surface area contributed by atoms with E-state index in [0.29, 0.717) is 6.04 Å². The molecule has 0 N–H and O–H groups in total. The van der Waals surface area contributed by atoms with Gasteiger partial charge in [0.25, 0.3) is 0 Å². The Labute approximate surface area is 69.5 Å². The molecule has 0 saturated carbocycles. The molecule has 3 atom stereocenters. The Morgan fingerprint density at radius 1 is 1.45 bits per heavy atom. The van der Waals surface area contributed by atoms with Crippen LogP contribution in [-0.4, -0.2) is 37.7 Å². The van der Waals surface area contributed by atoms with Crippen LogP contribution in [0.1, 0.15) is 20.3 Å². The first-order valence-corrected chi connectivity index (χ1v) is 4.37. The largest absolute Gasteiger partial charge is 0.383 e. The summed E-state index contributed by atoms with van der Waals surface area (Å²) in [7, 11) is 3.97. The molecule has 1 saturated heterocycles. The van der Waals surface area contributed by atoms with Gasteiger partial charge in [-0.3, -0.25) is 4.90 Å². The van der Waals surface area contributed by atoms with Crippen molar-refractivity contribution in [1.29, 1.82) is 0 Å². The molecule has 0 radical (unpaired) electrons. The fourth-order valence-electron chi connectivity index (χ4n) is 2.04. The van der Waals surface area contributed by atoms with E-state index in [2.05, 4.69) is 25.8 Å². The van der Waals surface area contributed by atoms with Gasteiger partial charge in [-0.05, 0) is 26.3 Å². The van der Waals surface area contributed by atoms with Crippen molar-refractivity contribution >= 4 is 0 Å². The van der Waals surface area contributed by atoms with Gasteiger partial charge in [-0.1, -0.05) is 6.92 Å². The molecule has 1 aliphatic heterocycles. The van der Waals surface area contributed by atoms with Gasteiger partial charge in [0.15, 0.2) is 0 Å². The Morgan fingerprint density at radius 2 is 2.09 bits per heavy atom. The third kappa shape index (κ3) is 1.74. The molecule has 1 fully saturated rings. The maximum absolute atomic E-state index is 5.17. The van der Waals surface area contributed by atoms with Crippen molar-refractivity contribution in [2.75, 3.05) is 20.8 Å². The summed E-state index contributed by atoms with van der Waals surface area (Å²) in [5.41, 5.74) is 0. The lowest BCUT2D eigenvalue weighted by atomic mass is 10.0. The fraction of sp³-hybridized carbons (Fsp3) is 1.00. The number of methoxy groups -OCH3 is 1. The summed E-state index contributed by atoms with van der Waals surface area (Å²) in [5, 5.41) is 0. The molecule has 0 amide bonds. The monoisotopic (exact) mass is 157 g/mol. The van der Waals surface area contributed by atoms with Crippen LogP contribution in [0.4, 0.5) is 0 Å². The maximum atomic E-state index is 5.17. The third-order valence-corrected chi connectivity index (χ3v) is 2.93. The Kier molecular flexibility index (Phi) is 2.90. The summed E-state index contributed by atoms with van der Waals surface area (Å²) in [5.74, 6) is 0.787. The second kappa shape index (κ2) is 3.55. The van der Waals surface area contributed by atoms with Gasteiger partial charge in [0.2, 0.25) is 0 Å². The van der Waals surface area contributed by atoms with E-state index in [0.717, 1.165) is 18.6 Å². The second-order valence-electron chi connectivity index (χ2n) is 3.75. The fourth-order valence-corrected chi connectivity index (χ4v) is 2.04. The van der Waals surface area contributed by atoms with Gasteiger partial charge in [-0.15, -0.1) is 0 Å². The van der Waals surface area contributed by atoms with Crippen molar-refractivity contribution < 1.29 is 4.74 Å². The maximum Gasteiger partial charge on any atom is 0.0620 e. The van der Waals surface area contributed by atoms with E-state index in [9.17, 15) is 0 Å². The Hall–Kier alpha value is -0.0800. The minimum atomic E-state index is 0.634. The number of nitrogens with zero attached hydrogens (tertiary/aromatic N) is 1. The summed E-state index contributed by atoms with van der Waals surface area (Å²) in [6, 6.07) is 1.36. The van der Waals surface area contributed by atoms with E-state index >= 15 is 0 Å². The number of rotatable bonds is 2. The number of likely N-dealkylation sites (tertiary alicyclic amines) is 1. The normalized spacial score (nSPS) is 39.8. The molecule has 0 aromatic carbocycles. The summed E-state index contributed by atoms with van der Waals surface area (Å²) < 4.78 is 5.17. The second-order valence-corrected chi connectivity index (χ2v) is 3.75. The molecule has 1 rings (SSSR count). The van der Waals surface area contributed by atoms with E-state index in [1.807, 2.05) is 0 Å². The lowest BCUT2D eigenvalue weighted by Crippen LogP contribution is -2.35. The van der Waals surface area contributed by atoms with Gasteiger partial charge in [-0.2, -0.15) is 0 Å². The number of hydrogen-bond acceptors (Lipinski definition) is 2. The van der Waals surface area contributed by atoms with Crippen LogP contribution in [0, 0.1) is 5.92 Å². The zero-order valence-corrected chi connectivity index (χ0v) is 8.00. The van der Waals surface area contributed by atoms with E-state index < -0.39 is 0 Å². The van der Waals surface area contributed by atoms with Crippen LogP contribution >= 0.6 is 0 Å². The summed E-state index contributed by atoms with van der Waals surface area (Å²) in [6.07, 6.45) is 1.31. The molecule has 0 aliphatic carbocycles. The number of likely N-dealkylation sites (N-methyl/N-ethyl adjacent to an activating group) is 1. The molecule has 0 spiro atoms. The van der Waals surface area contributed by atoms with Gasteiger partial charge in [0.1, 0.15) is 0 Å². The van der Waals surface area contributed by atoms with Crippen LogP contribution in [0.5, 0.6) is 0 Å². The average Bonchev–Trinajstić information content (AvgIpc) is 2.17. The predicted octanol–water partition coefficient (Wildman–Crippen LogP) is 1.36. The molecule has 0 aromatic rings. The van der Waals surface area contributed by atoms with Crippen molar-refractivity contribution in [1.82, 2.24) is 4.90 Å². The number of hydrogen-bond donors (Lipinski definition) is 0. The third-order valence-electron chi connectivity index (χ3n) is 2.93. The highest BCUT2D eigenvalue weighted by Crippen LogP contribution is 2.27. The first kappa shape index (κ1) is 9.01. The SMILES string of the molecule is COC[C@@H]1[C@@H](C)C[C@@H](C)N1C. The highest BCUT2D eigenvalue weighted by Gasteiger charge is 2.33. The van der Waals surface area contributed by atoms with Crippen LogP contribution in [0.2, 0.25) is 0 Å². The van der Waals surface area contributed by atoms with Gasteiger partial charge >= 0.3 is 0 Å². The van der Waals surface area contributed by atoms with E-state index in [-0.39, 0.29) is 0 Å². The first-order valence-electron chi connectivity index (χ1n) is 4.37. The van der Waals surface area contributed by atoms with Crippen LogP contribution in [-0.2, 0) is 4.74 Å². The standard InChI is InChI=1S/C9H19NO/c1-7-5-8(2)10(3)9(7)6-11-4/h7-9H,5-6H2,1-4H3/t7-,8+,9+/m0/s1. The van der Waals surface area contributed by atoms with Crippen LogP contribution in [0.25, 0.3) is 0 Å². The molecule has 11 heavy (non-hydrogen) atoms. The van der Waals surface area contributed by atoms with Gasteiger partial charge in [0, 0.05) is 19.2 Å². The molecule has 0 aromatic heterocycles. The molecule has 2 nitrogen and oxygen atoms in total. The zero-order chi connectivity index (χ0) is 8.43. The van der Waals surface area contributed by atoms with Gasteiger partial charge in [-0.25, -0.2) is 0 Å². The lowest BCUT2D eigenvalue weighted by molar-refractivity contribution is 0.104. The van der Waals surface area contributed by atoms with Crippen molar-refractivity contribution in [2.24, 2.45) is 5.92 Å². The highest BCUT2D eigenvalue weighted by atomic mass is 16.5. The summed E-state index contributed by atoms with van der Waals surface area (Å²) in [6.45, 7) is 5.47. The topological polar surface area (TPSA) is 12.5 Å². The van der Waals surface area contributed by atoms with Crippen LogP contribution in [0.3, 0.4) is 0 Å². The van der Waals surface area contributed by atoms with Crippen LogP contribution in [0.15, 0.2) is 0 Å². The van der Waals surface area contributed by atoms with E-state index in [1.54, 1.807) is 7.11 Å². The molecular weight excluding hydrogens is 138 g/mol. The average molecular weight is 157 g/mol. The minimum Gasteiger partial charge on any atom is -0.383 e. The van der Waals surface area contributed by atoms with E-state index in [4.69, 9.17) is 4.74 Å². The first-order chi connectivity index (χ1) is 5.16. The van der Waals surface area contributed by atoms with Crippen molar-refractivity contribution in [3.63, 3.8) is 0 Å². The van der Waals surface area contributed by atoms with Gasteiger partial charge in [0.05, 0.1) is 6.61 Å². The van der Waals surface area contributed by atoms with Crippen molar-refractivity contribution in [3.8, 4) is 0 Å². The molecule has 0 bridgehead atoms. The summed E-state index contributed by atoms with van der Waals surface area (Å²) in [4.78, 5) is 2.42. The molecule has 2 heteroatoms. The van der Waals surface area contributed by atoms with Gasteiger partial charge < -0.3 is 4.74 Å². The predicted molar refractivity (Wildman–Crippen MR) is 46.7 cm³/mol. The Morgan fingerprint density at radius 3 is 2.45 bits per heavy atom. The number of ether oxygens (including phenoxy) is 1. The smallest absolute Gasteiger partial charge is 0.0620 e. The van der Waals surface area contributed by atoms with Crippen LogP contribution < -0.4 is 0 Å². The Bertz CT molecular complexity index is 127. The lowest BCUT2D eigenvalue weighted by Gasteiger charge is -2.24. The molecule has 1 aliphatic rings. The summed E-state index contributed by atoms with van der Waals surface area (Å²) >= 11 is 0. The quantitative estimate of drug-likeness (QED) is 0.600. The highest BCUT2D eigenvalue weighted by molar-refractivity contribution is 4.87.